The minimum Gasteiger partial charge on any atom is -0.267 e. The van der Waals surface area contributed by atoms with Crippen molar-refractivity contribution >= 4 is 38.2 Å². The summed E-state index contributed by atoms with van der Waals surface area (Å²) >= 11 is 5.10. The molecule has 16 heavy (non-hydrogen) atoms. The van der Waals surface area contributed by atoms with Crippen molar-refractivity contribution in [3.8, 4) is 11.3 Å². The summed E-state index contributed by atoms with van der Waals surface area (Å²) in [5.74, 6) is 0. The first-order chi connectivity index (χ1) is 7.75. The zero-order valence-electron chi connectivity index (χ0n) is 8.51. The number of rotatable bonds is 1. The molecule has 80 valence electrons. The number of hydrogen-bond donors (Lipinski definition) is 0. The van der Waals surface area contributed by atoms with Crippen LogP contribution in [0.5, 0.6) is 0 Å². The van der Waals surface area contributed by atoms with E-state index in [1.54, 1.807) is 11.3 Å². The topological polar surface area (TPSA) is 30.7 Å². The van der Waals surface area contributed by atoms with Crippen LogP contribution in [0, 0.1) is 0 Å². The van der Waals surface area contributed by atoms with Crippen LogP contribution in [0.1, 0.15) is 0 Å². The van der Waals surface area contributed by atoms with Gasteiger partial charge in [0.25, 0.3) is 0 Å². The van der Waals surface area contributed by atoms with Gasteiger partial charge in [-0.3, -0.25) is 9.67 Å². The van der Waals surface area contributed by atoms with Gasteiger partial charge < -0.3 is 0 Å². The van der Waals surface area contributed by atoms with Crippen LogP contribution in [0.2, 0.25) is 0 Å². The molecule has 0 aliphatic heterocycles. The van der Waals surface area contributed by atoms with Crippen molar-refractivity contribution in [3.63, 3.8) is 0 Å². The second-order valence-corrected chi connectivity index (χ2v) is 5.04. The molecule has 3 heterocycles. The van der Waals surface area contributed by atoms with E-state index < -0.39 is 0 Å². The molecule has 0 N–H and O–H groups in total. The molecule has 0 atom stereocenters. The highest BCUT2D eigenvalue weighted by atomic mass is 79.9. The van der Waals surface area contributed by atoms with Crippen LogP contribution >= 0.6 is 27.3 Å². The van der Waals surface area contributed by atoms with Gasteiger partial charge in [0.15, 0.2) is 0 Å². The summed E-state index contributed by atoms with van der Waals surface area (Å²) < 4.78 is 2.70. The van der Waals surface area contributed by atoms with Crippen molar-refractivity contribution in [2.45, 2.75) is 0 Å². The SMILES string of the molecule is Cn1nc(Br)c2cnc(-c3ccsc3)cc21. The molecule has 0 fully saturated rings. The molecule has 3 aromatic heterocycles. The quantitative estimate of drug-likeness (QED) is 0.688. The van der Waals surface area contributed by atoms with E-state index in [1.807, 2.05) is 17.9 Å². The average molecular weight is 294 g/mol. The number of aryl methyl sites for hydroxylation is 1. The molecule has 0 aliphatic carbocycles. The zero-order valence-corrected chi connectivity index (χ0v) is 10.9. The molecule has 3 rings (SSSR count). The largest absolute Gasteiger partial charge is 0.267 e. The van der Waals surface area contributed by atoms with E-state index >= 15 is 0 Å². The summed E-state index contributed by atoms with van der Waals surface area (Å²) in [6.07, 6.45) is 1.86. The number of thiophene rings is 1. The second kappa shape index (κ2) is 3.68. The van der Waals surface area contributed by atoms with E-state index in [4.69, 9.17) is 0 Å². The van der Waals surface area contributed by atoms with Crippen LogP contribution in [-0.2, 0) is 7.05 Å². The Hall–Kier alpha value is -1.20. The van der Waals surface area contributed by atoms with Crippen LogP contribution in [0.3, 0.4) is 0 Å². The van der Waals surface area contributed by atoms with Gasteiger partial charge in [-0.15, -0.1) is 0 Å². The number of nitrogens with zero attached hydrogens (tertiary/aromatic N) is 3. The lowest BCUT2D eigenvalue weighted by Gasteiger charge is -1.98. The van der Waals surface area contributed by atoms with Crippen molar-refractivity contribution in [2.24, 2.45) is 7.05 Å². The molecule has 0 spiro atoms. The lowest BCUT2D eigenvalue weighted by Crippen LogP contribution is -1.90. The summed E-state index contributed by atoms with van der Waals surface area (Å²) in [4.78, 5) is 4.45. The molecule has 0 bridgehead atoms. The summed E-state index contributed by atoms with van der Waals surface area (Å²) in [5.41, 5.74) is 3.23. The number of pyridine rings is 1. The van der Waals surface area contributed by atoms with Gasteiger partial charge in [0.2, 0.25) is 0 Å². The smallest absolute Gasteiger partial charge is 0.137 e. The van der Waals surface area contributed by atoms with Crippen LogP contribution < -0.4 is 0 Å². The monoisotopic (exact) mass is 293 g/mol. The van der Waals surface area contributed by atoms with E-state index in [1.165, 1.54) is 0 Å². The van der Waals surface area contributed by atoms with E-state index in [9.17, 15) is 0 Å². The maximum absolute atomic E-state index is 4.45. The van der Waals surface area contributed by atoms with E-state index in [0.29, 0.717) is 0 Å². The lowest BCUT2D eigenvalue weighted by molar-refractivity contribution is 0.788. The van der Waals surface area contributed by atoms with Crippen molar-refractivity contribution < 1.29 is 0 Å². The Balaban J connectivity index is 2.27. The van der Waals surface area contributed by atoms with E-state index in [0.717, 1.165) is 26.8 Å². The third kappa shape index (κ3) is 1.47. The summed E-state index contributed by atoms with van der Waals surface area (Å²) in [6.45, 7) is 0. The third-order valence-corrected chi connectivity index (χ3v) is 3.78. The Labute approximate surface area is 105 Å². The van der Waals surface area contributed by atoms with Gasteiger partial charge in [-0.25, -0.2) is 0 Å². The minimum atomic E-state index is 0.842. The maximum Gasteiger partial charge on any atom is 0.137 e. The highest BCUT2D eigenvalue weighted by molar-refractivity contribution is 9.10. The molecule has 0 saturated heterocycles. The molecular weight excluding hydrogens is 286 g/mol. The molecule has 0 unspecified atom stereocenters. The molecule has 0 aliphatic rings. The van der Waals surface area contributed by atoms with Crippen molar-refractivity contribution in [3.05, 3.63) is 33.7 Å². The standard InChI is InChI=1S/C11H8BrN3S/c1-15-10-4-9(7-2-3-16-6-7)13-5-8(10)11(12)14-15/h2-6H,1H3. The Morgan fingerprint density at radius 2 is 2.31 bits per heavy atom. The van der Waals surface area contributed by atoms with Crippen LogP contribution in [0.15, 0.2) is 33.7 Å². The molecule has 0 radical (unpaired) electrons. The number of halogens is 1. The number of hydrogen-bond acceptors (Lipinski definition) is 3. The molecule has 0 aromatic carbocycles. The Bertz CT molecular complexity index is 643. The van der Waals surface area contributed by atoms with Gasteiger partial charge in [0.05, 0.1) is 16.6 Å². The normalized spacial score (nSPS) is 11.1. The van der Waals surface area contributed by atoms with Crippen molar-refractivity contribution in [1.82, 2.24) is 14.8 Å². The zero-order chi connectivity index (χ0) is 11.1. The van der Waals surface area contributed by atoms with Crippen LogP contribution in [0.4, 0.5) is 0 Å². The predicted octanol–water partition coefficient (Wildman–Crippen LogP) is 3.46. The first-order valence-corrected chi connectivity index (χ1v) is 6.50. The Morgan fingerprint density at radius 3 is 3.06 bits per heavy atom. The number of aromatic nitrogens is 3. The van der Waals surface area contributed by atoms with Crippen LogP contribution in [-0.4, -0.2) is 14.8 Å². The van der Waals surface area contributed by atoms with Crippen molar-refractivity contribution in [2.75, 3.05) is 0 Å². The summed E-state index contributed by atoms with van der Waals surface area (Å²) in [5, 5.41) is 9.50. The van der Waals surface area contributed by atoms with Gasteiger partial charge >= 0.3 is 0 Å². The van der Waals surface area contributed by atoms with E-state index in [-0.39, 0.29) is 0 Å². The molecule has 3 nitrogen and oxygen atoms in total. The lowest BCUT2D eigenvalue weighted by atomic mass is 10.2. The molecule has 0 saturated carbocycles. The molecule has 0 amide bonds. The first kappa shape index (κ1) is 9.99. The van der Waals surface area contributed by atoms with Gasteiger partial charge in [-0.2, -0.15) is 16.4 Å². The maximum atomic E-state index is 4.45. The highest BCUT2D eigenvalue weighted by Crippen LogP contribution is 2.27. The van der Waals surface area contributed by atoms with Crippen LogP contribution in [0.25, 0.3) is 22.2 Å². The predicted molar refractivity (Wildman–Crippen MR) is 69.5 cm³/mol. The second-order valence-electron chi connectivity index (χ2n) is 3.51. The fourth-order valence-corrected chi connectivity index (χ4v) is 2.87. The summed E-state index contributed by atoms with van der Waals surface area (Å²) in [6, 6.07) is 4.14. The van der Waals surface area contributed by atoms with Gasteiger partial charge in [-0.1, -0.05) is 0 Å². The van der Waals surface area contributed by atoms with Crippen molar-refractivity contribution in [1.29, 1.82) is 0 Å². The fourth-order valence-electron chi connectivity index (χ4n) is 1.68. The molecule has 5 heteroatoms. The van der Waals surface area contributed by atoms with Gasteiger partial charge in [0.1, 0.15) is 4.60 Å². The third-order valence-electron chi connectivity index (χ3n) is 2.51. The average Bonchev–Trinajstić information content (AvgIpc) is 2.88. The van der Waals surface area contributed by atoms with Gasteiger partial charge in [-0.05, 0) is 33.4 Å². The number of fused-ring (bicyclic) bond motifs is 1. The Morgan fingerprint density at radius 1 is 1.44 bits per heavy atom. The highest BCUT2D eigenvalue weighted by Gasteiger charge is 2.08. The molecule has 3 aromatic rings. The molecular formula is C11H8BrN3S. The van der Waals surface area contributed by atoms with E-state index in [2.05, 4.69) is 48.9 Å². The Kier molecular flexibility index (Phi) is 2.29. The summed E-state index contributed by atoms with van der Waals surface area (Å²) in [7, 11) is 1.94. The first-order valence-electron chi connectivity index (χ1n) is 4.76. The fraction of sp³-hybridized carbons (Fsp3) is 0.0909. The van der Waals surface area contributed by atoms with Gasteiger partial charge in [0, 0.05) is 24.2 Å². The minimum absolute atomic E-state index is 0.842.